The molecule has 0 bridgehead atoms. The minimum atomic E-state index is -0.775. The number of halogens is 1. The first kappa shape index (κ1) is 45.0. The van der Waals surface area contributed by atoms with Crippen LogP contribution in [0, 0.1) is 29.5 Å². The quantitative estimate of drug-likeness (QED) is 0.175. The summed E-state index contributed by atoms with van der Waals surface area (Å²) in [6, 6.07) is 4.02. The number of benzene rings is 1. The van der Waals surface area contributed by atoms with E-state index in [9.17, 15) is 23.6 Å². The van der Waals surface area contributed by atoms with E-state index in [1.165, 1.54) is 19.2 Å². The summed E-state index contributed by atoms with van der Waals surface area (Å²) in [5, 5.41) is 8.98. The monoisotopic (exact) mass is 735 g/mol. The number of likely N-dealkylation sites (tertiary alicyclic amines) is 1. The Morgan fingerprint density at radius 3 is 2.06 bits per heavy atom. The molecule has 0 radical (unpaired) electrons. The molecule has 9 atom stereocenters. The average molecular weight is 736 g/mol. The van der Waals surface area contributed by atoms with Crippen molar-refractivity contribution in [3.05, 3.63) is 35.6 Å². The van der Waals surface area contributed by atoms with E-state index >= 15 is 0 Å². The number of methoxy groups -OCH3 is 3. The van der Waals surface area contributed by atoms with Crippen LogP contribution in [0.4, 0.5) is 4.39 Å². The molecule has 52 heavy (non-hydrogen) atoms. The summed E-state index contributed by atoms with van der Waals surface area (Å²) in [5.41, 5.74) is 0.905. The van der Waals surface area contributed by atoms with Gasteiger partial charge in [-0.15, -0.1) is 0 Å². The van der Waals surface area contributed by atoms with Crippen LogP contribution in [-0.4, -0.2) is 124 Å². The highest BCUT2D eigenvalue weighted by atomic mass is 19.1. The molecule has 4 amide bonds. The molecule has 2 rings (SSSR count). The van der Waals surface area contributed by atoms with Crippen LogP contribution in [0.5, 0.6) is 0 Å². The van der Waals surface area contributed by atoms with Gasteiger partial charge in [0.05, 0.1) is 48.8 Å². The highest BCUT2D eigenvalue weighted by Crippen LogP contribution is 2.31. The van der Waals surface area contributed by atoms with Crippen molar-refractivity contribution in [1.82, 2.24) is 25.8 Å². The van der Waals surface area contributed by atoms with Gasteiger partial charge in [-0.25, -0.2) is 4.39 Å². The lowest BCUT2D eigenvalue weighted by Gasteiger charge is -2.41. The first-order chi connectivity index (χ1) is 24.6. The van der Waals surface area contributed by atoms with E-state index in [0.29, 0.717) is 25.9 Å². The fourth-order valence-corrected chi connectivity index (χ4v) is 7.34. The number of ether oxygens (including phenoxy) is 3. The second-order valence-electron chi connectivity index (χ2n) is 14.9. The first-order valence-electron chi connectivity index (χ1n) is 18.7. The van der Waals surface area contributed by atoms with Gasteiger partial charge in [-0.05, 0) is 55.3 Å². The van der Waals surface area contributed by atoms with Crippen molar-refractivity contribution in [1.29, 1.82) is 0 Å². The molecule has 1 fully saturated rings. The van der Waals surface area contributed by atoms with Crippen LogP contribution in [-0.2, 0) is 39.8 Å². The van der Waals surface area contributed by atoms with Gasteiger partial charge in [-0.3, -0.25) is 19.2 Å². The fraction of sp³-hybridized carbons (Fsp3) is 0.744. The zero-order valence-corrected chi connectivity index (χ0v) is 33.5. The summed E-state index contributed by atoms with van der Waals surface area (Å²) in [5.74, 6) is -2.01. The third-order valence-corrected chi connectivity index (χ3v) is 10.7. The molecule has 1 aliphatic heterocycles. The summed E-state index contributed by atoms with van der Waals surface area (Å²) < 4.78 is 30.9. The normalized spacial score (nSPS) is 20.2. The molecule has 0 saturated carbocycles. The molecule has 296 valence electrons. The number of carbonyl (C=O) groups excluding carboxylic acids is 4. The SMILES string of the molecule is CC[C@H](C)[C@@H]([C@@H](CC(=O)N1C[C@H](OC)C[C@@H]1[C@H](OC)[C@@H](C)C(=O)NCCc1ccc(F)cc1)OC)N(C)C(=O)[C@@H](NC(=O)[C@@H](NC)C(C)C)C(C)C. The number of carbonyl (C=O) groups is 4. The van der Waals surface area contributed by atoms with E-state index in [2.05, 4.69) is 16.0 Å². The Kier molecular flexibility index (Phi) is 18.7. The number of nitrogens with one attached hydrogen (secondary N) is 3. The fourth-order valence-electron chi connectivity index (χ4n) is 7.34. The number of nitrogens with zero attached hydrogens (tertiary/aromatic N) is 2. The molecule has 1 aliphatic rings. The molecular weight excluding hydrogens is 669 g/mol. The minimum Gasteiger partial charge on any atom is -0.380 e. The molecule has 1 saturated heterocycles. The van der Waals surface area contributed by atoms with E-state index in [1.807, 2.05) is 41.5 Å². The number of rotatable bonds is 21. The number of hydrogen-bond donors (Lipinski definition) is 3. The van der Waals surface area contributed by atoms with Gasteiger partial charge in [0.1, 0.15) is 11.9 Å². The van der Waals surface area contributed by atoms with Crippen LogP contribution in [0.1, 0.15) is 73.3 Å². The molecule has 1 heterocycles. The van der Waals surface area contributed by atoms with Gasteiger partial charge in [-0.1, -0.05) is 67.0 Å². The maximum atomic E-state index is 14.3. The second kappa shape index (κ2) is 21.5. The highest BCUT2D eigenvalue weighted by Gasteiger charge is 2.45. The summed E-state index contributed by atoms with van der Waals surface area (Å²) in [6.07, 6.45) is 0.212. The zero-order valence-electron chi connectivity index (χ0n) is 33.5. The van der Waals surface area contributed by atoms with Gasteiger partial charge in [0.25, 0.3) is 0 Å². The van der Waals surface area contributed by atoms with Gasteiger partial charge in [0, 0.05) is 41.5 Å². The largest absolute Gasteiger partial charge is 0.380 e. The van der Waals surface area contributed by atoms with Crippen LogP contribution in [0.15, 0.2) is 24.3 Å². The molecular formula is C39H66FN5O7. The lowest BCUT2D eigenvalue weighted by molar-refractivity contribution is -0.147. The third-order valence-electron chi connectivity index (χ3n) is 10.7. The minimum absolute atomic E-state index is 0.0153. The van der Waals surface area contributed by atoms with Crippen LogP contribution in [0.3, 0.4) is 0 Å². The zero-order chi connectivity index (χ0) is 39.3. The summed E-state index contributed by atoms with van der Waals surface area (Å²) >= 11 is 0. The summed E-state index contributed by atoms with van der Waals surface area (Å²) in [7, 11) is 8.13. The molecule has 12 nitrogen and oxygen atoms in total. The Balaban J connectivity index is 2.27. The van der Waals surface area contributed by atoms with Crippen molar-refractivity contribution in [3.63, 3.8) is 0 Å². The van der Waals surface area contributed by atoms with Crippen molar-refractivity contribution >= 4 is 23.6 Å². The van der Waals surface area contributed by atoms with Crippen molar-refractivity contribution in [2.24, 2.45) is 23.7 Å². The number of likely N-dealkylation sites (N-methyl/N-ethyl adjacent to an activating group) is 2. The Bertz CT molecular complexity index is 1280. The Hall–Kier alpha value is -3.13. The molecule has 0 aliphatic carbocycles. The molecule has 3 N–H and O–H groups in total. The standard InChI is InChI=1S/C39H66FN5O7/c1-13-25(6)35(44(9)39(49)34(24(4)5)43-38(48)33(41-8)23(2)3)31(51-11)21-32(46)45-22-29(50-10)20-30(45)36(52-12)26(7)37(47)42-19-18-27-14-16-28(40)17-15-27/h14-17,23-26,29-31,33-36,41H,13,18-22H2,1-12H3,(H,42,47)(H,43,48)/t25-,26+,29+,30+,31+,33-,34-,35-,36+/m0/s1. The molecule has 0 unspecified atom stereocenters. The van der Waals surface area contributed by atoms with Crippen LogP contribution < -0.4 is 16.0 Å². The van der Waals surface area contributed by atoms with Crippen LogP contribution in [0.25, 0.3) is 0 Å². The third kappa shape index (κ3) is 11.9. The van der Waals surface area contributed by atoms with E-state index in [-0.39, 0.29) is 59.7 Å². The topological polar surface area (TPSA) is 139 Å². The van der Waals surface area contributed by atoms with Gasteiger partial charge in [0.2, 0.25) is 23.6 Å². The van der Waals surface area contributed by atoms with Crippen molar-refractivity contribution in [2.75, 3.05) is 48.5 Å². The van der Waals surface area contributed by atoms with E-state index < -0.39 is 42.3 Å². The highest BCUT2D eigenvalue weighted by molar-refractivity contribution is 5.90. The lowest BCUT2D eigenvalue weighted by atomic mass is 9.89. The molecule has 0 aromatic heterocycles. The number of amides is 4. The molecule has 13 heteroatoms. The number of hydrogen-bond acceptors (Lipinski definition) is 8. The molecule has 1 aromatic rings. The Labute approximate surface area is 311 Å². The second-order valence-corrected chi connectivity index (χ2v) is 14.9. The van der Waals surface area contributed by atoms with Crippen molar-refractivity contribution in [3.8, 4) is 0 Å². The Morgan fingerprint density at radius 2 is 1.56 bits per heavy atom. The van der Waals surface area contributed by atoms with E-state index in [4.69, 9.17) is 14.2 Å². The Morgan fingerprint density at radius 1 is 0.942 bits per heavy atom. The van der Waals surface area contributed by atoms with Gasteiger partial charge < -0.3 is 40.0 Å². The average Bonchev–Trinajstić information content (AvgIpc) is 3.55. The maximum absolute atomic E-state index is 14.3. The van der Waals surface area contributed by atoms with E-state index in [1.54, 1.807) is 57.2 Å². The van der Waals surface area contributed by atoms with Gasteiger partial charge in [0.15, 0.2) is 0 Å². The lowest BCUT2D eigenvalue weighted by Crippen LogP contribution is -2.59. The van der Waals surface area contributed by atoms with Crippen molar-refractivity contribution in [2.45, 2.75) is 117 Å². The van der Waals surface area contributed by atoms with Crippen molar-refractivity contribution < 1.29 is 37.8 Å². The van der Waals surface area contributed by atoms with E-state index in [0.717, 1.165) is 12.0 Å². The van der Waals surface area contributed by atoms with Gasteiger partial charge >= 0.3 is 0 Å². The maximum Gasteiger partial charge on any atom is 0.245 e. The first-order valence-corrected chi connectivity index (χ1v) is 18.7. The van der Waals surface area contributed by atoms with Crippen LogP contribution in [0.2, 0.25) is 0 Å². The molecule has 0 spiro atoms. The summed E-state index contributed by atoms with van der Waals surface area (Å²) in [6.45, 7) is 14.2. The predicted molar refractivity (Wildman–Crippen MR) is 200 cm³/mol. The van der Waals surface area contributed by atoms with Gasteiger partial charge in [-0.2, -0.15) is 0 Å². The van der Waals surface area contributed by atoms with Crippen LogP contribution >= 0.6 is 0 Å². The molecule has 1 aromatic carbocycles. The predicted octanol–water partition coefficient (Wildman–Crippen LogP) is 3.41. The summed E-state index contributed by atoms with van der Waals surface area (Å²) in [4.78, 5) is 58.3. The smallest absolute Gasteiger partial charge is 0.245 e.